The molecule has 3 amide bonds. The number of carbonyl (C=O) groups is 2. The third-order valence-electron chi connectivity index (χ3n) is 5.47. The van der Waals surface area contributed by atoms with E-state index in [2.05, 4.69) is 5.32 Å². The number of nitrogens with one attached hydrogen (secondary N) is 1. The zero-order valence-electron chi connectivity index (χ0n) is 17.1. The summed E-state index contributed by atoms with van der Waals surface area (Å²) in [6.07, 6.45) is -0.848. The van der Waals surface area contributed by atoms with Gasteiger partial charge in [0.15, 0.2) is 0 Å². The predicted octanol–water partition coefficient (Wildman–Crippen LogP) is 3.18. The van der Waals surface area contributed by atoms with Crippen LogP contribution in [0.15, 0.2) is 54.6 Å². The Bertz CT molecular complexity index is 870. The van der Waals surface area contributed by atoms with E-state index in [0.717, 1.165) is 21.6 Å². The van der Waals surface area contributed by atoms with Crippen LogP contribution in [0.1, 0.15) is 43.1 Å². The van der Waals surface area contributed by atoms with E-state index in [4.69, 9.17) is 4.74 Å². The molecule has 154 valence electrons. The third kappa shape index (κ3) is 4.49. The van der Waals surface area contributed by atoms with Crippen molar-refractivity contribution in [1.82, 2.24) is 10.2 Å². The van der Waals surface area contributed by atoms with Gasteiger partial charge in [-0.05, 0) is 37.0 Å². The highest BCUT2D eigenvalue weighted by Crippen LogP contribution is 2.29. The van der Waals surface area contributed by atoms with Crippen LogP contribution < -0.4 is 5.32 Å². The maximum absolute atomic E-state index is 12.5. The lowest BCUT2D eigenvalue weighted by Gasteiger charge is -2.24. The first kappa shape index (κ1) is 21.0. The second-order valence-corrected chi connectivity index (χ2v) is 7.67. The van der Waals surface area contributed by atoms with Gasteiger partial charge in [0.05, 0.1) is 19.3 Å². The fourth-order valence-electron chi connectivity index (χ4n) is 3.50. The van der Waals surface area contributed by atoms with Crippen LogP contribution in [0.4, 0.5) is 4.79 Å². The number of amides is 3. The van der Waals surface area contributed by atoms with E-state index in [1.807, 2.05) is 68.4 Å². The number of nitrogens with zero attached hydrogens (tertiary/aromatic N) is 1. The van der Waals surface area contributed by atoms with E-state index in [1.165, 1.54) is 0 Å². The zero-order chi connectivity index (χ0) is 21.0. The highest BCUT2D eigenvalue weighted by molar-refractivity contribution is 6.06. The fraction of sp³-hybridized carbons (Fsp3) is 0.391. The Morgan fingerprint density at radius 1 is 1.10 bits per heavy atom. The number of aryl methyl sites for hydroxylation is 1. The van der Waals surface area contributed by atoms with Gasteiger partial charge in [0.1, 0.15) is 11.6 Å². The molecule has 1 aliphatic heterocycles. The third-order valence-corrected chi connectivity index (χ3v) is 5.47. The van der Waals surface area contributed by atoms with Crippen molar-refractivity contribution >= 4 is 11.9 Å². The zero-order valence-corrected chi connectivity index (χ0v) is 17.1. The average molecular weight is 396 g/mol. The van der Waals surface area contributed by atoms with Gasteiger partial charge in [0.2, 0.25) is 0 Å². The summed E-state index contributed by atoms with van der Waals surface area (Å²) in [4.78, 5) is 25.8. The minimum Gasteiger partial charge on any atom is -0.389 e. The quantitative estimate of drug-likeness (QED) is 0.672. The van der Waals surface area contributed by atoms with Crippen LogP contribution >= 0.6 is 0 Å². The Hall–Kier alpha value is -2.70. The number of urea groups is 1. The monoisotopic (exact) mass is 396 g/mol. The first-order chi connectivity index (χ1) is 13.9. The predicted molar refractivity (Wildman–Crippen MR) is 110 cm³/mol. The summed E-state index contributed by atoms with van der Waals surface area (Å²) < 4.78 is 6.10. The molecule has 0 spiro atoms. The number of aliphatic hydroxyl groups excluding tert-OH is 1. The van der Waals surface area contributed by atoms with E-state index in [1.54, 1.807) is 6.92 Å². The van der Waals surface area contributed by atoms with Crippen LogP contribution in [0.2, 0.25) is 0 Å². The maximum Gasteiger partial charge on any atom is 0.325 e. The maximum atomic E-state index is 12.5. The molecule has 2 aromatic carbocycles. The molecule has 0 aliphatic carbocycles. The van der Waals surface area contributed by atoms with Crippen molar-refractivity contribution in [3.63, 3.8) is 0 Å². The Labute approximate surface area is 171 Å². The number of ether oxygens (including phenoxy) is 1. The lowest BCUT2D eigenvalue weighted by Crippen LogP contribution is -2.44. The SMILES string of the molecule is CCC1(C)NC(=O)N(CC(O)COC(c2ccccc2)c2ccccc2C)C1=O. The molecule has 6 nitrogen and oxygen atoms in total. The van der Waals surface area contributed by atoms with Gasteiger partial charge in [-0.3, -0.25) is 9.69 Å². The molecule has 0 radical (unpaired) electrons. The van der Waals surface area contributed by atoms with Gasteiger partial charge in [-0.25, -0.2) is 4.79 Å². The molecule has 0 aromatic heterocycles. The standard InChI is InChI=1S/C23H28N2O4/c1-4-23(3)21(27)25(22(28)24-23)14-18(26)15-29-20(17-11-6-5-7-12-17)19-13-9-8-10-16(19)2/h5-13,18,20,26H,4,14-15H2,1-3H3,(H,24,28). The summed E-state index contributed by atoms with van der Waals surface area (Å²) in [7, 11) is 0. The minimum absolute atomic E-state index is 0.00616. The topological polar surface area (TPSA) is 78.9 Å². The normalized spacial score (nSPS) is 21.2. The van der Waals surface area contributed by atoms with E-state index in [-0.39, 0.29) is 25.2 Å². The molecule has 2 N–H and O–H groups in total. The molecule has 0 saturated carbocycles. The Kier molecular flexibility index (Phi) is 6.35. The van der Waals surface area contributed by atoms with Crippen molar-refractivity contribution in [2.75, 3.05) is 13.2 Å². The van der Waals surface area contributed by atoms with Crippen molar-refractivity contribution in [1.29, 1.82) is 0 Å². The van der Waals surface area contributed by atoms with Crippen LogP contribution in [-0.2, 0) is 9.53 Å². The summed E-state index contributed by atoms with van der Waals surface area (Å²) in [6, 6.07) is 17.3. The second kappa shape index (κ2) is 8.76. The molecule has 1 aliphatic rings. The summed E-state index contributed by atoms with van der Waals surface area (Å²) in [6.45, 7) is 5.45. The van der Waals surface area contributed by atoms with E-state index in [0.29, 0.717) is 6.42 Å². The summed E-state index contributed by atoms with van der Waals surface area (Å²) in [5.74, 6) is -0.317. The molecule has 1 saturated heterocycles. The van der Waals surface area contributed by atoms with Gasteiger partial charge in [-0.15, -0.1) is 0 Å². The molecule has 0 bridgehead atoms. The molecular formula is C23H28N2O4. The molecular weight excluding hydrogens is 368 g/mol. The smallest absolute Gasteiger partial charge is 0.325 e. The van der Waals surface area contributed by atoms with Crippen molar-refractivity contribution in [3.8, 4) is 0 Å². The number of hydrogen-bond acceptors (Lipinski definition) is 4. The van der Waals surface area contributed by atoms with Crippen molar-refractivity contribution < 1.29 is 19.4 Å². The number of benzene rings is 2. The number of imide groups is 1. The van der Waals surface area contributed by atoms with Crippen molar-refractivity contribution in [2.24, 2.45) is 0 Å². The van der Waals surface area contributed by atoms with Gasteiger partial charge in [0, 0.05) is 0 Å². The van der Waals surface area contributed by atoms with Gasteiger partial charge in [-0.1, -0.05) is 61.5 Å². The van der Waals surface area contributed by atoms with E-state index < -0.39 is 17.7 Å². The average Bonchev–Trinajstić information content (AvgIpc) is 2.94. The Balaban J connectivity index is 1.71. The lowest BCUT2D eigenvalue weighted by atomic mass is 9.97. The summed E-state index contributed by atoms with van der Waals surface area (Å²) >= 11 is 0. The molecule has 6 heteroatoms. The van der Waals surface area contributed by atoms with E-state index >= 15 is 0 Å². The van der Waals surface area contributed by atoms with Gasteiger partial charge < -0.3 is 15.2 Å². The number of aliphatic hydroxyl groups is 1. The van der Waals surface area contributed by atoms with Gasteiger partial charge >= 0.3 is 6.03 Å². The first-order valence-corrected chi connectivity index (χ1v) is 9.90. The molecule has 2 aromatic rings. The highest BCUT2D eigenvalue weighted by atomic mass is 16.5. The van der Waals surface area contributed by atoms with Crippen LogP contribution in [-0.4, -0.2) is 46.7 Å². The van der Waals surface area contributed by atoms with E-state index in [9.17, 15) is 14.7 Å². The number of β-amino-alcohol motifs (C(OH)–C–C–N with tert-alkyl or cyclic N) is 1. The lowest BCUT2D eigenvalue weighted by molar-refractivity contribution is -0.132. The molecule has 29 heavy (non-hydrogen) atoms. The minimum atomic E-state index is -0.987. The Morgan fingerprint density at radius 3 is 2.38 bits per heavy atom. The van der Waals surface area contributed by atoms with Crippen LogP contribution in [0.3, 0.4) is 0 Å². The van der Waals surface area contributed by atoms with Gasteiger partial charge in [-0.2, -0.15) is 0 Å². The molecule has 1 fully saturated rings. The summed E-state index contributed by atoms with van der Waals surface area (Å²) in [5, 5.41) is 13.2. The Morgan fingerprint density at radius 2 is 1.76 bits per heavy atom. The molecule has 3 rings (SSSR count). The van der Waals surface area contributed by atoms with Crippen LogP contribution in [0, 0.1) is 6.92 Å². The van der Waals surface area contributed by atoms with Crippen molar-refractivity contribution in [3.05, 3.63) is 71.3 Å². The fourth-order valence-corrected chi connectivity index (χ4v) is 3.50. The van der Waals surface area contributed by atoms with Crippen LogP contribution in [0.25, 0.3) is 0 Å². The molecule has 3 atom stereocenters. The van der Waals surface area contributed by atoms with Crippen LogP contribution in [0.5, 0.6) is 0 Å². The van der Waals surface area contributed by atoms with Gasteiger partial charge in [0.25, 0.3) is 5.91 Å². The number of carbonyl (C=O) groups excluding carboxylic acids is 2. The highest BCUT2D eigenvalue weighted by Gasteiger charge is 2.46. The molecule has 3 unspecified atom stereocenters. The number of hydrogen-bond donors (Lipinski definition) is 2. The second-order valence-electron chi connectivity index (χ2n) is 7.67. The molecule has 1 heterocycles. The first-order valence-electron chi connectivity index (χ1n) is 9.90. The van der Waals surface area contributed by atoms with Crippen molar-refractivity contribution in [2.45, 2.75) is 44.9 Å². The number of rotatable bonds is 8. The summed E-state index contributed by atoms with van der Waals surface area (Å²) in [5.41, 5.74) is 2.16. The largest absolute Gasteiger partial charge is 0.389 e.